The quantitative estimate of drug-likeness (QED) is 0.174. The van der Waals surface area contributed by atoms with Gasteiger partial charge in [0.2, 0.25) is 0 Å². The first-order valence-corrected chi connectivity index (χ1v) is 19.0. The first kappa shape index (κ1) is 30.1. The second-order valence-electron chi connectivity index (χ2n) is 14.5. The molecule has 0 saturated heterocycles. The number of hydrogen-bond donors (Lipinski definition) is 0. The summed E-state index contributed by atoms with van der Waals surface area (Å²) in [4.78, 5) is 0. The van der Waals surface area contributed by atoms with E-state index in [-0.39, 0.29) is 0 Å². The summed E-state index contributed by atoms with van der Waals surface area (Å²) in [5, 5.41) is 10.0. The van der Waals surface area contributed by atoms with Gasteiger partial charge in [-0.25, -0.2) is 0 Å². The average Bonchev–Trinajstić information content (AvgIpc) is 3.90. The molecule has 0 N–H and O–H groups in total. The van der Waals surface area contributed by atoms with Gasteiger partial charge in [0.25, 0.3) is 0 Å². The van der Waals surface area contributed by atoms with Crippen molar-refractivity contribution in [2.75, 3.05) is 0 Å². The van der Waals surface area contributed by atoms with Crippen LogP contribution in [-0.2, 0) is 0 Å². The van der Waals surface area contributed by atoms with Crippen molar-refractivity contribution in [1.29, 1.82) is 0 Å². The van der Waals surface area contributed by atoms with E-state index in [0.717, 1.165) is 17.1 Å². The molecule has 0 spiro atoms. The van der Waals surface area contributed by atoms with Crippen LogP contribution >= 0.6 is 0 Å². The van der Waals surface area contributed by atoms with Crippen LogP contribution in [0.1, 0.15) is 0 Å². The van der Waals surface area contributed by atoms with Crippen molar-refractivity contribution in [3.63, 3.8) is 0 Å². The summed E-state index contributed by atoms with van der Waals surface area (Å²) in [6.45, 7) is 0. The first-order chi connectivity index (χ1) is 27.3. The van der Waals surface area contributed by atoms with Gasteiger partial charge in [0.05, 0.1) is 33.1 Å². The van der Waals surface area contributed by atoms with Gasteiger partial charge in [0.1, 0.15) is 0 Å². The third kappa shape index (κ3) is 4.26. The van der Waals surface area contributed by atoms with Crippen LogP contribution < -0.4 is 0 Å². The van der Waals surface area contributed by atoms with Crippen LogP contribution in [-0.4, -0.2) is 13.7 Å². The van der Waals surface area contributed by atoms with E-state index in [4.69, 9.17) is 0 Å². The summed E-state index contributed by atoms with van der Waals surface area (Å²) < 4.78 is 7.51. The van der Waals surface area contributed by atoms with E-state index in [0.29, 0.717) is 0 Å². The van der Waals surface area contributed by atoms with Crippen molar-refractivity contribution in [1.82, 2.24) is 13.7 Å². The highest BCUT2D eigenvalue weighted by Crippen LogP contribution is 2.50. The topological polar surface area (TPSA) is 14.8 Å². The summed E-state index contributed by atoms with van der Waals surface area (Å²) >= 11 is 0. The number of hydrogen-bond acceptors (Lipinski definition) is 0. The molecule has 0 aliphatic carbocycles. The number of para-hydroxylation sites is 5. The van der Waals surface area contributed by atoms with E-state index in [1.807, 2.05) is 0 Å². The van der Waals surface area contributed by atoms with Crippen molar-refractivity contribution in [2.24, 2.45) is 0 Å². The second kappa shape index (κ2) is 11.6. The van der Waals surface area contributed by atoms with Gasteiger partial charge >= 0.3 is 0 Å². The van der Waals surface area contributed by atoms with Crippen LogP contribution in [0.5, 0.6) is 0 Å². The summed E-state index contributed by atoms with van der Waals surface area (Å²) in [5.41, 5.74) is 13.1. The summed E-state index contributed by atoms with van der Waals surface area (Å²) in [6.07, 6.45) is 0. The molecule has 0 bridgehead atoms. The van der Waals surface area contributed by atoms with Gasteiger partial charge in [-0.15, -0.1) is 0 Å². The summed E-state index contributed by atoms with van der Waals surface area (Å²) in [5.74, 6) is 0. The Bertz CT molecular complexity index is 3450. The molecule has 0 aliphatic heterocycles. The minimum atomic E-state index is 1.13. The predicted molar refractivity (Wildman–Crippen MR) is 232 cm³/mol. The second-order valence-corrected chi connectivity index (χ2v) is 14.5. The van der Waals surface area contributed by atoms with Crippen LogP contribution in [0.4, 0.5) is 0 Å². The molecule has 256 valence electrons. The maximum atomic E-state index is 2.52. The Labute approximate surface area is 317 Å². The van der Waals surface area contributed by atoms with Gasteiger partial charge in [-0.05, 0) is 82.6 Å². The third-order valence-corrected chi connectivity index (χ3v) is 11.6. The van der Waals surface area contributed by atoms with Gasteiger partial charge in [-0.3, -0.25) is 0 Å². The predicted octanol–water partition coefficient (Wildman–Crippen LogP) is 13.8. The molecule has 3 nitrogen and oxygen atoms in total. The van der Waals surface area contributed by atoms with Crippen LogP contribution in [0.2, 0.25) is 0 Å². The standard InChI is InChI=1S/C52H33N3/c1-3-17-38(18-4-1)53-44-24-12-9-21-41(44)47-48-42-22-10-13-25-45(42)55(40-31-29-35(30-32-40)37-28-27-34-15-7-8-16-36(34)33-37)51(48)52-49(50(47)53)43-23-11-14-26-46(43)54(52)39-19-5-2-6-20-39/h1-33H. The molecule has 9 aromatic carbocycles. The molecule has 3 aromatic heterocycles. The van der Waals surface area contributed by atoms with E-state index in [9.17, 15) is 0 Å². The minimum Gasteiger partial charge on any atom is -0.309 e. The van der Waals surface area contributed by atoms with Crippen molar-refractivity contribution < 1.29 is 0 Å². The van der Waals surface area contributed by atoms with E-state index >= 15 is 0 Å². The maximum absolute atomic E-state index is 2.52. The normalized spacial score (nSPS) is 12.0. The molecule has 0 amide bonds. The van der Waals surface area contributed by atoms with Crippen molar-refractivity contribution in [2.45, 2.75) is 0 Å². The van der Waals surface area contributed by atoms with Crippen LogP contribution in [0.25, 0.3) is 104 Å². The fourth-order valence-electron chi connectivity index (χ4n) is 9.28. The Morgan fingerprint density at radius 2 is 0.655 bits per heavy atom. The zero-order valence-corrected chi connectivity index (χ0v) is 29.9. The van der Waals surface area contributed by atoms with Crippen molar-refractivity contribution >= 4 is 76.2 Å². The van der Waals surface area contributed by atoms with E-state index in [2.05, 4.69) is 214 Å². The molecule has 0 fully saturated rings. The zero-order valence-electron chi connectivity index (χ0n) is 29.9. The highest BCUT2D eigenvalue weighted by Gasteiger charge is 2.28. The fourth-order valence-corrected chi connectivity index (χ4v) is 9.28. The van der Waals surface area contributed by atoms with E-state index in [1.54, 1.807) is 0 Å². The molecular weight excluding hydrogens is 667 g/mol. The molecule has 0 radical (unpaired) electrons. The Morgan fingerprint density at radius 1 is 0.255 bits per heavy atom. The van der Waals surface area contributed by atoms with Gasteiger partial charge in [-0.1, -0.05) is 140 Å². The number of nitrogens with zero attached hydrogens (tertiary/aromatic N) is 3. The Balaban J connectivity index is 1.29. The summed E-state index contributed by atoms with van der Waals surface area (Å²) in [6, 6.07) is 73.1. The molecule has 12 rings (SSSR count). The third-order valence-electron chi connectivity index (χ3n) is 11.6. The lowest BCUT2D eigenvalue weighted by molar-refractivity contribution is 1.15. The molecule has 0 atom stereocenters. The minimum absolute atomic E-state index is 1.13. The molecule has 3 heterocycles. The van der Waals surface area contributed by atoms with Crippen molar-refractivity contribution in [3.8, 4) is 28.2 Å². The van der Waals surface area contributed by atoms with Gasteiger partial charge < -0.3 is 13.7 Å². The van der Waals surface area contributed by atoms with Gasteiger partial charge in [0.15, 0.2) is 0 Å². The van der Waals surface area contributed by atoms with E-state index < -0.39 is 0 Å². The zero-order chi connectivity index (χ0) is 36.0. The molecule has 12 aromatic rings. The average molecular weight is 700 g/mol. The molecule has 0 saturated carbocycles. The number of aromatic nitrogens is 3. The fraction of sp³-hybridized carbons (Fsp3) is 0. The van der Waals surface area contributed by atoms with Crippen LogP contribution in [0, 0.1) is 0 Å². The van der Waals surface area contributed by atoms with Gasteiger partial charge in [0, 0.05) is 49.4 Å². The molecule has 55 heavy (non-hydrogen) atoms. The highest BCUT2D eigenvalue weighted by atomic mass is 15.1. The van der Waals surface area contributed by atoms with Crippen molar-refractivity contribution in [3.05, 3.63) is 200 Å². The lowest BCUT2D eigenvalue weighted by Gasteiger charge is -2.15. The largest absolute Gasteiger partial charge is 0.309 e. The molecular formula is C52H33N3. The van der Waals surface area contributed by atoms with Crippen LogP contribution in [0.3, 0.4) is 0 Å². The molecule has 3 heteroatoms. The SMILES string of the molecule is c1ccc(-n2c3ccccc3c3c4c5ccccc5n(-c5ccc(-c6ccc7ccccc7c6)cc5)c4c4c(c5ccccc5n4-c4ccccc4)c32)cc1. The Morgan fingerprint density at radius 3 is 1.24 bits per heavy atom. The molecule has 0 unspecified atom stereocenters. The van der Waals surface area contributed by atoms with E-state index in [1.165, 1.54) is 87.3 Å². The van der Waals surface area contributed by atoms with Gasteiger partial charge in [-0.2, -0.15) is 0 Å². The highest BCUT2D eigenvalue weighted by molar-refractivity contribution is 6.40. The number of rotatable bonds is 4. The monoisotopic (exact) mass is 699 g/mol. The molecule has 0 aliphatic rings. The maximum Gasteiger partial charge on any atom is 0.0810 e. The lowest BCUT2D eigenvalue weighted by atomic mass is 10.0. The summed E-state index contributed by atoms with van der Waals surface area (Å²) in [7, 11) is 0. The van der Waals surface area contributed by atoms with Crippen LogP contribution in [0.15, 0.2) is 200 Å². The number of benzene rings is 9. The smallest absolute Gasteiger partial charge is 0.0810 e. The first-order valence-electron chi connectivity index (χ1n) is 19.0. The number of fused-ring (bicyclic) bond motifs is 13. The Kier molecular flexibility index (Phi) is 6.34. The Hall–Kier alpha value is -7.36. The lowest BCUT2D eigenvalue weighted by Crippen LogP contribution is -1.99.